The molecule has 0 aliphatic carbocycles. The minimum atomic E-state index is -4.33. The lowest BCUT2D eigenvalue weighted by Gasteiger charge is -2.21. The van der Waals surface area contributed by atoms with E-state index in [0.29, 0.717) is 4.90 Å². The molecule has 0 amide bonds. The topological polar surface area (TPSA) is 12.0 Å². The van der Waals surface area contributed by atoms with Gasteiger partial charge in [-0.15, -0.1) is 0 Å². The lowest BCUT2D eigenvalue weighted by molar-refractivity contribution is -0.137. The molecule has 0 saturated heterocycles. The number of nitrogens with one attached hydrogen (secondary N) is 1. The van der Waals surface area contributed by atoms with E-state index >= 15 is 0 Å². The van der Waals surface area contributed by atoms with Crippen LogP contribution >= 0.6 is 11.9 Å². The summed E-state index contributed by atoms with van der Waals surface area (Å²) < 4.78 is 41.7. The van der Waals surface area contributed by atoms with Gasteiger partial charge >= 0.3 is 6.18 Å². The molecule has 0 atom stereocenters. The van der Waals surface area contributed by atoms with Gasteiger partial charge < -0.3 is 4.72 Å². The van der Waals surface area contributed by atoms with E-state index in [2.05, 4.69) is 37.6 Å². The molecule has 0 unspecified atom stereocenters. The Balaban J connectivity index is 2.20. The highest BCUT2D eigenvalue weighted by Crippen LogP contribution is 2.34. The maximum Gasteiger partial charge on any atom is 0.416 e. The summed E-state index contributed by atoms with van der Waals surface area (Å²) in [6.07, 6.45) is -4.33. The van der Waals surface area contributed by atoms with Gasteiger partial charge in [-0.1, -0.05) is 39.0 Å². The first-order valence-corrected chi connectivity index (χ1v) is 8.52. The number of rotatable bonds is 3. The summed E-state index contributed by atoms with van der Waals surface area (Å²) in [5.74, 6) is 0. The largest absolute Gasteiger partial charge is 0.416 e. The molecule has 0 spiro atoms. The second kappa shape index (κ2) is 6.71. The van der Waals surface area contributed by atoms with Crippen molar-refractivity contribution < 1.29 is 13.2 Å². The van der Waals surface area contributed by atoms with Crippen LogP contribution in [0.1, 0.15) is 43.0 Å². The lowest BCUT2D eigenvalue weighted by atomic mass is 9.86. The van der Waals surface area contributed by atoms with Crippen molar-refractivity contribution in [1.82, 2.24) is 0 Å². The molecule has 2 rings (SSSR count). The maximum absolute atomic E-state index is 12.9. The summed E-state index contributed by atoms with van der Waals surface area (Å²) in [7, 11) is 0. The van der Waals surface area contributed by atoms with Crippen LogP contribution in [-0.4, -0.2) is 0 Å². The Bertz CT molecular complexity index is 730. The van der Waals surface area contributed by atoms with Gasteiger partial charge in [0.25, 0.3) is 0 Å². The zero-order chi connectivity index (χ0) is 18.1. The molecule has 0 aromatic heterocycles. The monoisotopic (exact) mass is 353 g/mol. The Hall–Kier alpha value is -1.62. The van der Waals surface area contributed by atoms with Gasteiger partial charge in [0.15, 0.2) is 0 Å². The number of alkyl halides is 3. The third-order valence-electron chi connectivity index (χ3n) is 3.88. The van der Waals surface area contributed by atoms with Crippen LogP contribution < -0.4 is 4.72 Å². The van der Waals surface area contributed by atoms with Gasteiger partial charge in [-0.3, -0.25) is 0 Å². The highest BCUT2D eigenvalue weighted by atomic mass is 32.2. The third kappa shape index (κ3) is 4.47. The van der Waals surface area contributed by atoms with Gasteiger partial charge in [-0.05, 0) is 66.1 Å². The van der Waals surface area contributed by atoms with Crippen molar-refractivity contribution in [3.63, 3.8) is 0 Å². The third-order valence-corrected chi connectivity index (χ3v) is 4.86. The molecule has 0 radical (unpaired) electrons. The van der Waals surface area contributed by atoms with Crippen molar-refractivity contribution in [3.05, 3.63) is 58.7 Å². The molecule has 2 aromatic rings. The number of hydrogen-bond acceptors (Lipinski definition) is 2. The van der Waals surface area contributed by atoms with Crippen LogP contribution in [0, 0.1) is 13.8 Å². The van der Waals surface area contributed by atoms with Crippen molar-refractivity contribution in [2.45, 2.75) is 51.1 Å². The zero-order valence-electron chi connectivity index (χ0n) is 14.5. The molecule has 1 N–H and O–H groups in total. The van der Waals surface area contributed by atoms with Crippen LogP contribution in [-0.2, 0) is 11.6 Å². The van der Waals surface area contributed by atoms with E-state index in [9.17, 15) is 13.2 Å². The summed E-state index contributed by atoms with van der Waals surface area (Å²) in [6.45, 7) is 10.2. The fourth-order valence-corrected chi connectivity index (χ4v) is 3.10. The molecule has 0 saturated carbocycles. The van der Waals surface area contributed by atoms with Crippen LogP contribution in [0.5, 0.6) is 0 Å². The maximum atomic E-state index is 12.9. The Labute approximate surface area is 145 Å². The summed E-state index contributed by atoms with van der Waals surface area (Å²) in [5, 5.41) is 0. The first kappa shape index (κ1) is 18.7. The standard InChI is InChI=1S/C19H22F3NS/c1-12-6-7-15(19(20,21)22)11-17(12)24-23-16-9-8-14(10-13(16)2)18(3,4)5/h6-11,23H,1-5H3. The van der Waals surface area contributed by atoms with E-state index in [-0.39, 0.29) is 5.41 Å². The smallest absolute Gasteiger partial charge is 0.325 e. The van der Waals surface area contributed by atoms with Crippen LogP contribution in [0.3, 0.4) is 0 Å². The van der Waals surface area contributed by atoms with Crippen LogP contribution in [0.2, 0.25) is 0 Å². The first-order valence-electron chi connectivity index (χ1n) is 7.70. The Morgan fingerprint density at radius 3 is 2.00 bits per heavy atom. The fourth-order valence-electron chi connectivity index (χ4n) is 2.24. The molecular formula is C19H22F3NS. The van der Waals surface area contributed by atoms with Crippen molar-refractivity contribution in [1.29, 1.82) is 0 Å². The van der Waals surface area contributed by atoms with E-state index in [4.69, 9.17) is 0 Å². The highest BCUT2D eigenvalue weighted by molar-refractivity contribution is 8.00. The predicted molar refractivity (Wildman–Crippen MR) is 95.5 cm³/mol. The molecule has 0 fully saturated rings. The fraction of sp³-hybridized carbons (Fsp3) is 0.368. The zero-order valence-corrected chi connectivity index (χ0v) is 15.3. The van der Waals surface area contributed by atoms with E-state index in [0.717, 1.165) is 22.9 Å². The van der Waals surface area contributed by atoms with Crippen LogP contribution in [0.15, 0.2) is 41.3 Å². The quantitative estimate of drug-likeness (QED) is 0.613. The second-order valence-corrected chi connectivity index (χ2v) is 7.81. The molecule has 0 aliphatic heterocycles. The van der Waals surface area contributed by atoms with Gasteiger partial charge in [-0.25, -0.2) is 0 Å². The molecule has 1 nitrogen and oxygen atoms in total. The van der Waals surface area contributed by atoms with Gasteiger partial charge in [0.1, 0.15) is 0 Å². The van der Waals surface area contributed by atoms with Crippen LogP contribution in [0.4, 0.5) is 18.9 Å². The molecule has 0 heterocycles. The van der Waals surface area contributed by atoms with Gasteiger partial charge in [-0.2, -0.15) is 13.2 Å². The second-order valence-electron chi connectivity index (χ2n) is 6.96. The van der Waals surface area contributed by atoms with Crippen molar-refractivity contribution in [2.75, 3.05) is 4.72 Å². The average molecular weight is 353 g/mol. The van der Waals surface area contributed by atoms with E-state index in [1.807, 2.05) is 13.0 Å². The molecule has 0 bridgehead atoms. The SMILES string of the molecule is Cc1cc(C(C)(C)C)ccc1NSc1cc(C(F)(F)F)ccc1C. The van der Waals surface area contributed by atoms with E-state index in [1.54, 1.807) is 6.92 Å². The van der Waals surface area contributed by atoms with Crippen molar-refractivity contribution in [2.24, 2.45) is 0 Å². The van der Waals surface area contributed by atoms with Crippen LogP contribution in [0.25, 0.3) is 0 Å². The summed E-state index contributed by atoms with van der Waals surface area (Å²) in [6, 6.07) is 9.94. The number of aryl methyl sites for hydroxylation is 2. The van der Waals surface area contributed by atoms with Gasteiger partial charge in [0.05, 0.1) is 5.56 Å². The number of hydrogen-bond donors (Lipinski definition) is 1. The molecule has 130 valence electrons. The predicted octanol–water partition coefficient (Wildman–Crippen LogP) is 6.74. The molecule has 0 aliphatic rings. The first-order chi connectivity index (χ1) is 11.0. The van der Waals surface area contributed by atoms with Gasteiger partial charge in [0, 0.05) is 10.6 Å². The van der Waals surface area contributed by atoms with E-state index < -0.39 is 11.7 Å². The Morgan fingerprint density at radius 1 is 0.833 bits per heavy atom. The lowest BCUT2D eigenvalue weighted by Crippen LogP contribution is -2.11. The molecule has 2 aromatic carbocycles. The highest BCUT2D eigenvalue weighted by Gasteiger charge is 2.30. The number of halogens is 3. The average Bonchev–Trinajstić information content (AvgIpc) is 2.45. The number of benzene rings is 2. The van der Waals surface area contributed by atoms with Gasteiger partial charge in [0.2, 0.25) is 0 Å². The molecule has 24 heavy (non-hydrogen) atoms. The normalized spacial score (nSPS) is 12.3. The minimum Gasteiger partial charge on any atom is -0.325 e. The van der Waals surface area contributed by atoms with Crippen molar-refractivity contribution >= 4 is 17.6 Å². The molecular weight excluding hydrogens is 331 g/mol. The number of anilines is 1. The van der Waals surface area contributed by atoms with E-state index in [1.165, 1.54) is 29.6 Å². The summed E-state index contributed by atoms with van der Waals surface area (Å²) >= 11 is 1.21. The minimum absolute atomic E-state index is 0.0636. The molecule has 5 heteroatoms. The Kier molecular flexibility index (Phi) is 5.23. The summed E-state index contributed by atoms with van der Waals surface area (Å²) in [5.41, 5.74) is 3.45. The van der Waals surface area contributed by atoms with Crippen molar-refractivity contribution in [3.8, 4) is 0 Å². The summed E-state index contributed by atoms with van der Waals surface area (Å²) in [4.78, 5) is 0.573. The Morgan fingerprint density at radius 2 is 1.46 bits per heavy atom.